The number of rotatable bonds is 6. The molecular weight excluding hydrogens is 412 g/mol. The average molecular weight is 440 g/mol. The summed E-state index contributed by atoms with van der Waals surface area (Å²) >= 11 is 6.41. The Morgan fingerprint density at radius 3 is 2.67 bits per heavy atom. The van der Waals surface area contributed by atoms with Crippen molar-refractivity contribution >= 4 is 28.4 Å². The number of aromatic nitrogens is 1. The molecule has 0 spiro atoms. The number of likely N-dealkylation sites (tertiary alicyclic amines) is 1. The normalized spacial score (nSPS) is 24.4. The molecule has 2 heterocycles. The summed E-state index contributed by atoms with van der Waals surface area (Å²) in [5.74, 6) is -3.30. The fourth-order valence-corrected chi connectivity index (χ4v) is 5.02. The van der Waals surface area contributed by atoms with E-state index in [4.69, 9.17) is 11.6 Å². The Morgan fingerprint density at radius 1 is 1.17 bits per heavy atom. The lowest BCUT2D eigenvalue weighted by Crippen LogP contribution is -2.49. The van der Waals surface area contributed by atoms with Crippen LogP contribution in [0.1, 0.15) is 48.9 Å². The van der Waals surface area contributed by atoms with E-state index in [9.17, 15) is 18.7 Å². The van der Waals surface area contributed by atoms with Crippen LogP contribution < -0.4 is 5.32 Å². The van der Waals surface area contributed by atoms with Gasteiger partial charge in [0, 0.05) is 44.1 Å². The summed E-state index contributed by atoms with van der Waals surface area (Å²) in [7, 11) is 0. The Morgan fingerprint density at radius 2 is 1.93 bits per heavy atom. The third-order valence-corrected chi connectivity index (χ3v) is 6.62. The molecule has 0 radical (unpaired) electrons. The molecular formula is C22H28ClF2N3O2. The highest BCUT2D eigenvalue weighted by atomic mass is 35.5. The van der Waals surface area contributed by atoms with E-state index < -0.39 is 23.9 Å². The fraction of sp³-hybridized carbons (Fsp3) is 0.591. The van der Waals surface area contributed by atoms with Gasteiger partial charge in [-0.15, -0.1) is 0 Å². The summed E-state index contributed by atoms with van der Waals surface area (Å²) in [5, 5.41) is 14.3. The number of alkyl halides is 2. The van der Waals surface area contributed by atoms with Crippen molar-refractivity contribution in [3.63, 3.8) is 0 Å². The first-order valence-electron chi connectivity index (χ1n) is 10.6. The zero-order chi connectivity index (χ0) is 21.4. The number of nitrogens with zero attached hydrogens (tertiary/aromatic N) is 2. The number of carbonyl (C=O) groups excluding carboxylic acids is 1. The molecule has 30 heavy (non-hydrogen) atoms. The molecule has 2 aliphatic rings. The Balaban J connectivity index is 1.51. The van der Waals surface area contributed by atoms with Gasteiger partial charge in [0.05, 0.1) is 21.7 Å². The minimum absolute atomic E-state index is 0.202. The minimum Gasteiger partial charge on any atom is -0.388 e. The summed E-state index contributed by atoms with van der Waals surface area (Å²) in [6, 6.07) is 5.52. The summed E-state index contributed by atoms with van der Waals surface area (Å²) in [4.78, 5) is 15.3. The highest BCUT2D eigenvalue weighted by Gasteiger charge is 2.44. The Hall–Kier alpha value is -1.70. The smallest absolute Gasteiger partial charge is 0.253 e. The molecule has 1 aliphatic heterocycles. The highest BCUT2D eigenvalue weighted by molar-refractivity contribution is 6.36. The van der Waals surface area contributed by atoms with Gasteiger partial charge >= 0.3 is 0 Å². The number of nitrogens with one attached hydrogen (secondary N) is 1. The second-order valence-corrected chi connectivity index (χ2v) is 9.12. The Labute approximate surface area is 180 Å². The molecule has 4 rings (SSSR count). The van der Waals surface area contributed by atoms with Gasteiger partial charge in [0.15, 0.2) is 0 Å². The van der Waals surface area contributed by atoms with E-state index in [1.165, 1.54) is 12.8 Å². The van der Waals surface area contributed by atoms with Crippen LogP contribution in [0.3, 0.4) is 0 Å². The maximum Gasteiger partial charge on any atom is 0.253 e. The number of hydrogen-bond donors (Lipinski definition) is 2. The maximum absolute atomic E-state index is 13.7. The largest absolute Gasteiger partial charge is 0.388 e. The number of fused-ring (bicyclic) bond motifs is 1. The molecule has 0 unspecified atom stereocenters. The van der Waals surface area contributed by atoms with E-state index in [0.29, 0.717) is 16.0 Å². The molecule has 0 bridgehead atoms. The Bertz CT molecular complexity index is 926. The van der Waals surface area contributed by atoms with Crippen molar-refractivity contribution < 1.29 is 18.7 Å². The van der Waals surface area contributed by atoms with Crippen LogP contribution in [-0.4, -0.2) is 58.2 Å². The molecule has 2 fully saturated rings. The van der Waals surface area contributed by atoms with Gasteiger partial charge in [-0.25, -0.2) is 8.78 Å². The minimum atomic E-state index is -2.90. The standard InChI is InChI=1S/C22H28ClF2N3O2/c23-17-5-3-6-18-19(17)16(13-28(18)12-11-27-9-1-2-10-27)20(29)26-15-21(30)7-4-8-22(24,25)14-21/h3,5-6,13,30H,1-2,4,7-12,14-15H2,(H,26,29)/t21-/m1/s1. The lowest BCUT2D eigenvalue weighted by Gasteiger charge is -2.36. The topological polar surface area (TPSA) is 57.5 Å². The van der Waals surface area contributed by atoms with Crippen LogP contribution in [0.25, 0.3) is 10.9 Å². The van der Waals surface area contributed by atoms with Crippen molar-refractivity contribution in [3.05, 3.63) is 35.0 Å². The first-order chi connectivity index (χ1) is 14.3. The van der Waals surface area contributed by atoms with Crippen molar-refractivity contribution in [2.24, 2.45) is 0 Å². The zero-order valence-electron chi connectivity index (χ0n) is 17.0. The lowest BCUT2D eigenvalue weighted by molar-refractivity contribution is -0.121. The molecule has 1 saturated carbocycles. The number of hydrogen-bond acceptors (Lipinski definition) is 3. The first kappa shape index (κ1) is 21.5. The van der Waals surface area contributed by atoms with Crippen LogP contribution in [-0.2, 0) is 6.54 Å². The zero-order valence-corrected chi connectivity index (χ0v) is 17.7. The number of carbonyl (C=O) groups is 1. The monoisotopic (exact) mass is 439 g/mol. The van der Waals surface area contributed by atoms with Crippen molar-refractivity contribution in [3.8, 4) is 0 Å². The molecule has 1 amide bonds. The SMILES string of the molecule is O=C(NC[C@@]1(O)CCCC(F)(F)C1)c1cn(CCN2CCCC2)c2cccc(Cl)c12. The van der Waals surface area contributed by atoms with E-state index in [1.54, 1.807) is 12.3 Å². The van der Waals surface area contributed by atoms with Crippen molar-refractivity contribution in [2.45, 2.75) is 56.6 Å². The van der Waals surface area contributed by atoms with Gasteiger partial charge in [0.25, 0.3) is 11.8 Å². The maximum atomic E-state index is 13.7. The predicted molar refractivity (Wildman–Crippen MR) is 113 cm³/mol. The predicted octanol–water partition coefficient (Wildman–Crippen LogP) is 4.06. The van der Waals surface area contributed by atoms with Gasteiger partial charge in [-0.05, 0) is 50.9 Å². The third-order valence-electron chi connectivity index (χ3n) is 6.31. The number of benzene rings is 1. The summed E-state index contributed by atoms with van der Waals surface area (Å²) in [5.41, 5.74) is -0.312. The summed E-state index contributed by atoms with van der Waals surface area (Å²) < 4.78 is 29.5. The van der Waals surface area contributed by atoms with Gasteiger partial charge in [0.1, 0.15) is 0 Å². The van der Waals surface area contributed by atoms with Gasteiger partial charge in [-0.2, -0.15) is 0 Å². The molecule has 1 aromatic heterocycles. The molecule has 164 valence electrons. The van der Waals surface area contributed by atoms with Crippen LogP contribution >= 0.6 is 11.6 Å². The number of amides is 1. The van der Waals surface area contributed by atoms with Gasteiger partial charge in [0.2, 0.25) is 0 Å². The quantitative estimate of drug-likeness (QED) is 0.713. The lowest BCUT2D eigenvalue weighted by atomic mass is 9.82. The highest BCUT2D eigenvalue weighted by Crippen LogP contribution is 2.39. The molecule has 8 heteroatoms. The molecule has 5 nitrogen and oxygen atoms in total. The molecule has 2 aromatic rings. The fourth-order valence-electron chi connectivity index (χ4n) is 4.75. The summed E-state index contributed by atoms with van der Waals surface area (Å²) in [6.07, 6.45) is 3.85. The van der Waals surface area contributed by atoms with Gasteiger partial charge < -0.3 is 19.9 Å². The van der Waals surface area contributed by atoms with Crippen LogP contribution in [0, 0.1) is 0 Å². The number of aliphatic hydroxyl groups is 1. The molecule has 2 N–H and O–H groups in total. The van der Waals surface area contributed by atoms with E-state index in [2.05, 4.69) is 10.2 Å². The molecule has 1 saturated heterocycles. The van der Waals surface area contributed by atoms with Crippen LogP contribution in [0.4, 0.5) is 8.78 Å². The first-order valence-corrected chi connectivity index (χ1v) is 11.0. The second-order valence-electron chi connectivity index (χ2n) is 8.71. The summed E-state index contributed by atoms with van der Waals surface area (Å²) in [6.45, 7) is 3.62. The van der Waals surface area contributed by atoms with Crippen molar-refractivity contribution in [1.82, 2.24) is 14.8 Å². The van der Waals surface area contributed by atoms with Crippen LogP contribution in [0.5, 0.6) is 0 Å². The molecule has 1 aromatic carbocycles. The molecule has 1 atom stereocenters. The van der Waals surface area contributed by atoms with E-state index in [-0.39, 0.29) is 25.8 Å². The van der Waals surface area contributed by atoms with Crippen molar-refractivity contribution in [2.75, 3.05) is 26.2 Å². The van der Waals surface area contributed by atoms with Crippen LogP contribution in [0.2, 0.25) is 5.02 Å². The van der Waals surface area contributed by atoms with E-state index in [0.717, 1.165) is 31.7 Å². The van der Waals surface area contributed by atoms with Crippen LogP contribution in [0.15, 0.2) is 24.4 Å². The third kappa shape index (κ3) is 4.63. The Kier molecular flexibility index (Phi) is 6.06. The van der Waals surface area contributed by atoms with E-state index in [1.807, 2.05) is 16.7 Å². The van der Waals surface area contributed by atoms with E-state index >= 15 is 0 Å². The molecule has 1 aliphatic carbocycles. The van der Waals surface area contributed by atoms with Gasteiger partial charge in [-0.3, -0.25) is 4.79 Å². The average Bonchev–Trinajstić information content (AvgIpc) is 3.32. The number of halogens is 3. The van der Waals surface area contributed by atoms with Gasteiger partial charge in [-0.1, -0.05) is 17.7 Å². The second kappa shape index (κ2) is 8.44. The van der Waals surface area contributed by atoms with Crippen molar-refractivity contribution in [1.29, 1.82) is 0 Å².